The first-order valence-electron chi connectivity index (χ1n) is 7.82. The standard InChI is InChI=1S/C16H23N5/c1-12(2)13-4-3-5-15(10-13)18-14-6-8-16(9-7-14)21-11-17-19-20-21/h6-9,11-13,15,18H,3-5,10H2,1-2H3. The van der Waals surface area contributed by atoms with Gasteiger partial charge in [-0.3, -0.25) is 0 Å². The molecule has 0 spiro atoms. The molecule has 2 aromatic rings. The van der Waals surface area contributed by atoms with Crippen LogP contribution >= 0.6 is 0 Å². The maximum absolute atomic E-state index is 3.90. The summed E-state index contributed by atoms with van der Waals surface area (Å²) in [5.41, 5.74) is 2.16. The Kier molecular flexibility index (Phi) is 4.18. The fourth-order valence-electron chi connectivity index (χ4n) is 3.19. The average molecular weight is 285 g/mol. The first-order chi connectivity index (χ1) is 10.2. The van der Waals surface area contributed by atoms with Crippen molar-refractivity contribution in [3.63, 3.8) is 0 Å². The van der Waals surface area contributed by atoms with Crippen molar-refractivity contribution in [2.45, 2.75) is 45.6 Å². The number of tetrazole rings is 1. The Labute approximate surface area is 125 Å². The Morgan fingerprint density at radius 3 is 2.67 bits per heavy atom. The van der Waals surface area contributed by atoms with Crippen LogP contribution in [0.1, 0.15) is 39.5 Å². The summed E-state index contributed by atoms with van der Waals surface area (Å²) in [6, 6.07) is 8.90. The van der Waals surface area contributed by atoms with Crippen molar-refractivity contribution in [2.24, 2.45) is 11.8 Å². The van der Waals surface area contributed by atoms with E-state index < -0.39 is 0 Å². The van der Waals surface area contributed by atoms with E-state index in [9.17, 15) is 0 Å². The lowest BCUT2D eigenvalue weighted by Crippen LogP contribution is -2.29. The van der Waals surface area contributed by atoms with Gasteiger partial charge in [0.2, 0.25) is 0 Å². The van der Waals surface area contributed by atoms with E-state index in [4.69, 9.17) is 0 Å². The molecule has 1 aliphatic rings. The second-order valence-electron chi connectivity index (χ2n) is 6.31. The van der Waals surface area contributed by atoms with Crippen molar-refractivity contribution in [1.82, 2.24) is 20.2 Å². The van der Waals surface area contributed by atoms with Crippen LogP contribution in [0.2, 0.25) is 0 Å². The number of nitrogens with zero attached hydrogens (tertiary/aromatic N) is 4. The Bertz CT molecular complexity index is 547. The summed E-state index contributed by atoms with van der Waals surface area (Å²) in [6.07, 6.45) is 6.89. The molecule has 0 aliphatic heterocycles. The summed E-state index contributed by atoms with van der Waals surface area (Å²) < 4.78 is 1.67. The molecule has 5 nitrogen and oxygen atoms in total. The minimum Gasteiger partial charge on any atom is -0.382 e. The van der Waals surface area contributed by atoms with Crippen LogP contribution in [-0.4, -0.2) is 26.2 Å². The largest absolute Gasteiger partial charge is 0.382 e. The molecule has 2 atom stereocenters. The fraction of sp³-hybridized carbons (Fsp3) is 0.562. The summed E-state index contributed by atoms with van der Waals surface area (Å²) in [4.78, 5) is 0. The predicted octanol–water partition coefficient (Wildman–Crippen LogP) is 3.29. The van der Waals surface area contributed by atoms with Gasteiger partial charge in [0.15, 0.2) is 0 Å². The lowest BCUT2D eigenvalue weighted by atomic mass is 9.79. The molecule has 1 N–H and O–H groups in total. The zero-order chi connectivity index (χ0) is 14.7. The molecule has 0 bridgehead atoms. The summed E-state index contributed by atoms with van der Waals surface area (Å²) in [5.74, 6) is 1.65. The third-order valence-corrected chi connectivity index (χ3v) is 4.51. The molecule has 3 rings (SSSR count). The first-order valence-corrected chi connectivity index (χ1v) is 7.82. The minimum atomic E-state index is 0.602. The van der Waals surface area contributed by atoms with Gasteiger partial charge in [-0.1, -0.05) is 26.7 Å². The Morgan fingerprint density at radius 2 is 2.00 bits per heavy atom. The van der Waals surface area contributed by atoms with Crippen LogP contribution in [0.3, 0.4) is 0 Å². The maximum atomic E-state index is 3.90. The predicted molar refractivity (Wildman–Crippen MR) is 83.4 cm³/mol. The normalized spacial score (nSPS) is 22.4. The maximum Gasteiger partial charge on any atom is 0.143 e. The van der Waals surface area contributed by atoms with E-state index in [1.807, 2.05) is 12.1 Å². The van der Waals surface area contributed by atoms with E-state index in [0.717, 1.165) is 17.5 Å². The quantitative estimate of drug-likeness (QED) is 0.936. The van der Waals surface area contributed by atoms with Crippen molar-refractivity contribution in [3.8, 4) is 5.69 Å². The van der Waals surface area contributed by atoms with Gasteiger partial charge in [-0.05, 0) is 59.4 Å². The van der Waals surface area contributed by atoms with Gasteiger partial charge in [0.05, 0.1) is 5.69 Å². The van der Waals surface area contributed by atoms with E-state index in [1.54, 1.807) is 11.0 Å². The Balaban J connectivity index is 1.62. The number of benzene rings is 1. The van der Waals surface area contributed by atoms with Crippen LogP contribution in [0.25, 0.3) is 5.69 Å². The highest BCUT2D eigenvalue weighted by Gasteiger charge is 2.23. The van der Waals surface area contributed by atoms with Gasteiger partial charge in [0.1, 0.15) is 6.33 Å². The molecule has 1 aliphatic carbocycles. The third kappa shape index (κ3) is 3.40. The van der Waals surface area contributed by atoms with Gasteiger partial charge in [-0.2, -0.15) is 0 Å². The molecule has 112 valence electrons. The topological polar surface area (TPSA) is 55.6 Å². The number of aromatic nitrogens is 4. The molecule has 1 fully saturated rings. The van der Waals surface area contributed by atoms with Crippen LogP contribution in [0.5, 0.6) is 0 Å². The van der Waals surface area contributed by atoms with Gasteiger partial charge >= 0.3 is 0 Å². The van der Waals surface area contributed by atoms with Crippen molar-refractivity contribution >= 4 is 5.69 Å². The molecule has 0 saturated heterocycles. The van der Waals surface area contributed by atoms with Crippen LogP contribution < -0.4 is 5.32 Å². The number of nitrogens with one attached hydrogen (secondary N) is 1. The lowest BCUT2D eigenvalue weighted by Gasteiger charge is -2.32. The Morgan fingerprint density at radius 1 is 1.19 bits per heavy atom. The molecule has 0 amide bonds. The minimum absolute atomic E-state index is 0.602. The molecule has 1 aromatic carbocycles. The van der Waals surface area contributed by atoms with E-state index in [-0.39, 0.29) is 0 Å². The van der Waals surface area contributed by atoms with E-state index in [2.05, 4.69) is 46.8 Å². The molecule has 1 heterocycles. The highest BCUT2D eigenvalue weighted by Crippen LogP contribution is 2.31. The highest BCUT2D eigenvalue weighted by molar-refractivity contribution is 5.49. The van der Waals surface area contributed by atoms with E-state index in [0.29, 0.717) is 6.04 Å². The van der Waals surface area contributed by atoms with E-state index >= 15 is 0 Å². The molecular weight excluding hydrogens is 262 g/mol. The number of rotatable bonds is 4. The van der Waals surface area contributed by atoms with Crippen molar-refractivity contribution in [3.05, 3.63) is 30.6 Å². The monoisotopic (exact) mass is 285 g/mol. The second-order valence-corrected chi connectivity index (χ2v) is 6.31. The summed E-state index contributed by atoms with van der Waals surface area (Å²) in [5, 5.41) is 14.9. The molecule has 0 radical (unpaired) electrons. The third-order valence-electron chi connectivity index (χ3n) is 4.51. The summed E-state index contributed by atoms with van der Waals surface area (Å²) >= 11 is 0. The first kappa shape index (κ1) is 14.0. The van der Waals surface area contributed by atoms with Crippen LogP contribution in [0.4, 0.5) is 5.69 Å². The smallest absolute Gasteiger partial charge is 0.143 e. The SMILES string of the molecule is CC(C)C1CCCC(Nc2ccc(-n3cnnn3)cc2)C1. The van der Waals surface area contributed by atoms with Crippen LogP contribution in [0.15, 0.2) is 30.6 Å². The highest BCUT2D eigenvalue weighted by atomic mass is 15.5. The fourth-order valence-corrected chi connectivity index (χ4v) is 3.19. The van der Waals surface area contributed by atoms with Gasteiger partial charge in [0, 0.05) is 11.7 Å². The molecular formula is C16H23N5. The van der Waals surface area contributed by atoms with Crippen LogP contribution in [0, 0.1) is 11.8 Å². The second kappa shape index (κ2) is 6.24. The number of hydrogen-bond donors (Lipinski definition) is 1. The zero-order valence-electron chi connectivity index (χ0n) is 12.7. The molecule has 1 aromatic heterocycles. The van der Waals surface area contributed by atoms with E-state index in [1.165, 1.54) is 31.4 Å². The lowest BCUT2D eigenvalue weighted by molar-refractivity contribution is 0.264. The number of anilines is 1. The van der Waals surface area contributed by atoms with Gasteiger partial charge < -0.3 is 5.32 Å². The van der Waals surface area contributed by atoms with Crippen molar-refractivity contribution < 1.29 is 0 Å². The average Bonchev–Trinajstić information content (AvgIpc) is 3.02. The Hall–Kier alpha value is -1.91. The van der Waals surface area contributed by atoms with Gasteiger partial charge in [0.25, 0.3) is 0 Å². The molecule has 1 saturated carbocycles. The molecule has 21 heavy (non-hydrogen) atoms. The van der Waals surface area contributed by atoms with Gasteiger partial charge in [-0.15, -0.1) is 5.10 Å². The number of hydrogen-bond acceptors (Lipinski definition) is 4. The van der Waals surface area contributed by atoms with Crippen molar-refractivity contribution in [2.75, 3.05) is 5.32 Å². The molecule has 5 heteroatoms. The molecule has 2 unspecified atom stereocenters. The van der Waals surface area contributed by atoms with Gasteiger partial charge in [-0.25, -0.2) is 4.68 Å². The zero-order valence-corrected chi connectivity index (χ0v) is 12.7. The van der Waals surface area contributed by atoms with Crippen LogP contribution in [-0.2, 0) is 0 Å². The summed E-state index contributed by atoms with van der Waals surface area (Å²) in [7, 11) is 0. The summed E-state index contributed by atoms with van der Waals surface area (Å²) in [6.45, 7) is 4.68. The van der Waals surface area contributed by atoms with Crippen molar-refractivity contribution in [1.29, 1.82) is 0 Å².